The smallest absolute Gasteiger partial charge is 0.225 e. The molecule has 1 amide bonds. The summed E-state index contributed by atoms with van der Waals surface area (Å²) in [7, 11) is 0. The summed E-state index contributed by atoms with van der Waals surface area (Å²) in [6, 6.07) is 0. The normalized spacial score (nSPS) is 26.7. The summed E-state index contributed by atoms with van der Waals surface area (Å²) in [4.78, 5) is 15.1. The Kier molecular flexibility index (Phi) is 4.33. The summed E-state index contributed by atoms with van der Waals surface area (Å²) in [5.74, 6) is 1.94. The highest BCUT2D eigenvalue weighted by molar-refractivity contribution is 5.79. The van der Waals surface area contributed by atoms with Gasteiger partial charge in [-0.1, -0.05) is 13.3 Å². The van der Waals surface area contributed by atoms with E-state index in [1.165, 1.54) is 19.3 Å². The molecule has 1 aliphatic carbocycles. The first-order valence-corrected chi connectivity index (χ1v) is 9.48. The number of carbonyl (C=O) groups is 1. The van der Waals surface area contributed by atoms with Crippen LogP contribution < -0.4 is 0 Å². The van der Waals surface area contributed by atoms with E-state index in [-0.39, 0.29) is 11.3 Å². The van der Waals surface area contributed by atoms with Crippen LogP contribution in [0, 0.1) is 11.3 Å². The number of likely N-dealkylation sites (tertiary alicyclic amines) is 1. The van der Waals surface area contributed by atoms with Crippen LogP contribution in [0.3, 0.4) is 0 Å². The van der Waals surface area contributed by atoms with E-state index >= 15 is 0 Å². The van der Waals surface area contributed by atoms with Crippen molar-refractivity contribution in [2.45, 2.75) is 57.9 Å². The van der Waals surface area contributed by atoms with Gasteiger partial charge in [0.2, 0.25) is 5.91 Å². The lowest BCUT2D eigenvalue weighted by Gasteiger charge is -2.42. The Morgan fingerprint density at radius 1 is 1.38 bits per heavy atom. The Morgan fingerprint density at radius 3 is 2.83 bits per heavy atom. The second kappa shape index (κ2) is 6.47. The lowest BCUT2D eigenvalue weighted by molar-refractivity contribution is -0.138. The third-order valence-corrected chi connectivity index (χ3v) is 6.30. The molecule has 6 heteroatoms. The summed E-state index contributed by atoms with van der Waals surface area (Å²) in [6.45, 7) is 6.32. The van der Waals surface area contributed by atoms with Crippen molar-refractivity contribution in [3.8, 4) is 0 Å². The van der Waals surface area contributed by atoms with Crippen LogP contribution >= 0.6 is 0 Å². The molecular formula is C18H28N4O2. The average molecular weight is 332 g/mol. The SMILES string of the molecule is CCCn1cnnc1C1CN(C(=O)C2CCOCC2)CC12CCC2. The van der Waals surface area contributed by atoms with Crippen LogP contribution in [0.2, 0.25) is 0 Å². The molecule has 0 bridgehead atoms. The molecule has 132 valence electrons. The lowest BCUT2D eigenvalue weighted by atomic mass is 9.62. The van der Waals surface area contributed by atoms with Gasteiger partial charge >= 0.3 is 0 Å². The van der Waals surface area contributed by atoms with Gasteiger partial charge in [-0.3, -0.25) is 4.79 Å². The Balaban J connectivity index is 1.54. The summed E-state index contributed by atoms with van der Waals surface area (Å²) in [6.07, 6.45) is 8.39. The van der Waals surface area contributed by atoms with Crippen LogP contribution in [-0.4, -0.2) is 51.9 Å². The van der Waals surface area contributed by atoms with Gasteiger partial charge in [0.15, 0.2) is 0 Å². The number of hydrogen-bond acceptors (Lipinski definition) is 4. The molecule has 0 aromatic carbocycles. The van der Waals surface area contributed by atoms with Crippen LogP contribution in [0.1, 0.15) is 57.2 Å². The van der Waals surface area contributed by atoms with Crippen molar-refractivity contribution >= 4 is 5.91 Å². The van der Waals surface area contributed by atoms with Gasteiger partial charge in [0.25, 0.3) is 0 Å². The van der Waals surface area contributed by atoms with Crippen LogP contribution in [0.25, 0.3) is 0 Å². The minimum absolute atomic E-state index is 0.156. The summed E-state index contributed by atoms with van der Waals surface area (Å²) >= 11 is 0. The summed E-state index contributed by atoms with van der Waals surface area (Å²) in [5.41, 5.74) is 0.249. The molecule has 3 heterocycles. The number of aryl methyl sites for hydroxylation is 1. The van der Waals surface area contributed by atoms with Gasteiger partial charge in [0, 0.05) is 44.7 Å². The third kappa shape index (κ3) is 2.65. The first-order valence-electron chi connectivity index (χ1n) is 9.48. The van der Waals surface area contributed by atoms with Crippen molar-refractivity contribution in [1.29, 1.82) is 0 Å². The van der Waals surface area contributed by atoms with E-state index in [0.717, 1.165) is 57.9 Å². The fraction of sp³-hybridized carbons (Fsp3) is 0.833. The highest BCUT2D eigenvalue weighted by Gasteiger charge is 2.54. The number of carbonyl (C=O) groups excluding carboxylic acids is 1. The molecule has 1 atom stereocenters. The summed E-state index contributed by atoms with van der Waals surface area (Å²) in [5, 5.41) is 8.62. The highest BCUT2D eigenvalue weighted by Crippen LogP contribution is 2.55. The second-order valence-electron chi connectivity index (χ2n) is 7.76. The zero-order chi connectivity index (χ0) is 16.6. The van der Waals surface area contributed by atoms with E-state index in [0.29, 0.717) is 11.8 Å². The zero-order valence-corrected chi connectivity index (χ0v) is 14.6. The molecule has 1 spiro atoms. The predicted octanol–water partition coefficient (Wildman–Crippen LogP) is 2.21. The number of amides is 1. The number of aromatic nitrogens is 3. The van der Waals surface area contributed by atoms with E-state index in [1.807, 2.05) is 6.33 Å². The fourth-order valence-corrected chi connectivity index (χ4v) is 4.78. The first kappa shape index (κ1) is 16.1. The first-order chi connectivity index (χ1) is 11.7. The molecule has 2 aliphatic heterocycles. The third-order valence-electron chi connectivity index (χ3n) is 6.30. The van der Waals surface area contributed by atoms with Crippen molar-refractivity contribution in [3.05, 3.63) is 12.2 Å². The molecule has 1 aromatic heterocycles. The van der Waals surface area contributed by atoms with E-state index in [1.54, 1.807) is 0 Å². The van der Waals surface area contributed by atoms with Crippen LogP contribution in [0.15, 0.2) is 6.33 Å². The molecule has 1 aromatic rings. The maximum atomic E-state index is 13.0. The molecule has 6 nitrogen and oxygen atoms in total. The van der Waals surface area contributed by atoms with Crippen molar-refractivity contribution in [2.75, 3.05) is 26.3 Å². The average Bonchev–Trinajstić information content (AvgIpc) is 3.19. The van der Waals surface area contributed by atoms with Crippen molar-refractivity contribution in [2.24, 2.45) is 11.3 Å². The monoisotopic (exact) mass is 332 g/mol. The summed E-state index contributed by atoms with van der Waals surface area (Å²) < 4.78 is 7.62. The van der Waals surface area contributed by atoms with Crippen molar-refractivity contribution in [3.63, 3.8) is 0 Å². The van der Waals surface area contributed by atoms with E-state index < -0.39 is 0 Å². The fourth-order valence-electron chi connectivity index (χ4n) is 4.78. The second-order valence-corrected chi connectivity index (χ2v) is 7.76. The van der Waals surface area contributed by atoms with Gasteiger partial charge in [-0.25, -0.2) is 0 Å². The lowest BCUT2D eigenvalue weighted by Crippen LogP contribution is -2.40. The number of nitrogens with zero attached hydrogens (tertiary/aromatic N) is 4. The Labute approximate surface area is 143 Å². The molecular weight excluding hydrogens is 304 g/mol. The van der Waals surface area contributed by atoms with E-state index in [9.17, 15) is 4.79 Å². The van der Waals surface area contributed by atoms with Crippen LogP contribution in [0.5, 0.6) is 0 Å². The minimum Gasteiger partial charge on any atom is -0.381 e. The number of hydrogen-bond donors (Lipinski definition) is 0. The maximum absolute atomic E-state index is 13.0. The van der Waals surface area contributed by atoms with Gasteiger partial charge in [-0.2, -0.15) is 0 Å². The van der Waals surface area contributed by atoms with Gasteiger partial charge < -0.3 is 14.2 Å². The molecule has 0 radical (unpaired) electrons. The number of rotatable bonds is 4. The topological polar surface area (TPSA) is 60.2 Å². The Morgan fingerprint density at radius 2 is 2.17 bits per heavy atom. The van der Waals surface area contributed by atoms with E-state index in [4.69, 9.17) is 4.74 Å². The van der Waals surface area contributed by atoms with E-state index in [2.05, 4.69) is 26.6 Å². The maximum Gasteiger partial charge on any atom is 0.225 e. The van der Waals surface area contributed by atoms with Crippen molar-refractivity contribution < 1.29 is 9.53 Å². The zero-order valence-electron chi connectivity index (χ0n) is 14.6. The van der Waals surface area contributed by atoms with Gasteiger partial charge in [0.05, 0.1) is 0 Å². The van der Waals surface area contributed by atoms with Crippen molar-refractivity contribution in [1.82, 2.24) is 19.7 Å². The minimum atomic E-state index is 0.156. The molecule has 3 aliphatic rings. The molecule has 0 N–H and O–H groups in total. The van der Waals surface area contributed by atoms with Gasteiger partial charge in [-0.15, -0.1) is 10.2 Å². The Hall–Kier alpha value is -1.43. The molecule has 2 saturated heterocycles. The quantitative estimate of drug-likeness (QED) is 0.848. The largest absolute Gasteiger partial charge is 0.381 e. The Bertz CT molecular complexity index is 590. The van der Waals surface area contributed by atoms with Crippen LogP contribution in [0.4, 0.5) is 0 Å². The number of ether oxygens (including phenoxy) is 1. The van der Waals surface area contributed by atoms with Gasteiger partial charge in [-0.05, 0) is 37.5 Å². The molecule has 3 fully saturated rings. The predicted molar refractivity (Wildman–Crippen MR) is 89.5 cm³/mol. The molecule has 24 heavy (non-hydrogen) atoms. The molecule has 4 rings (SSSR count). The van der Waals surface area contributed by atoms with Crippen LogP contribution in [-0.2, 0) is 16.1 Å². The standard InChI is InChI=1S/C18H28N4O2/c1-2-8-21-13-19-20-16(21)15-11-22(12-18(15)6-3-7-18)17(23)14-4-9-24-10-5-14/h13-15H,2-12H2,1H3. The molecule has 1 saturated carbocycles. The molecule has 1 unspecified atom stereocenters. The highest BCUT2D eigenvalue weighted by atomic mass is 16.5. The van der Waals surface area contributed by atoms with Gasteiger partial charge in [0.1, 0.15) is 12.2 Å².